The number of sulfonamides is 1. The van der Waals surface area contributed by atoms with E-state index in [0.29, 0.717) is 52.5 Å². The lowest BCUT2D eigenvalue weighted by atomic mass is 9.48. The van der Waals surface area contributed by atoms with Crippen LogP contribution in [0.1, 0.15) is 96.5 Å². The summed E-state index contributed by atoms with van der Waals surface area (Å²) in [6.45, 7) is 12.1. The summed E-state index contributed by atoms with van der Waals surface area (Å²) in [5.74, 6) is 4.41. The zero-order chi connectivity index (χ0) is 40.5. The number of nitrogens with one attached hydrogen (secondary N) is 1. The maximum Gasteiger partial charge on any atom is 0.261 e. The predicted molar refractivity (Wildman–Crippen MR) is 212 cm³/mol. The van der Waals surface area contributed by atoms with Gasteiger partial charge in [0.25, 0.3) is 9.05 Å². The summed E-state index contributed by atoms with van der Waals surface area (Å²) in [5.41, 5.74) is 6.91. The van der Waals surface area contributed by atoms with Crippen LogP contribution in [-0.4, -0.2) is 52.7 Å². The number of carbonyl (C=O) groups is 2. The molecule has 4 unspecified atom stereocenters. The van der Waals surface area contributed by atoms with Crippen molar-refractivity contribution in [1.29, 1.82) is 5.26 Å². The quantitative estimate of drug-likeness (QED) is 0.223. The predicted octanol–water partition coefficient (Wildman–Crippen LogP) is 7.31. The number of hydrogen-bond donors (Lipinski definition) is 2. The second-order valence-corrected chi connectivity index (χ2v) is 21.7. The van der Waals surface area contributed by atoms with Crippen molar-refractivity contribution in [3.05, 3.63) is 65.5 Å². The van der Waals surface area contributed by atoms with Crippen molar-refractivity contribution < 1.29 is 31.2 Å². The fraction of sp³-hybridized carbons (Fsp3) is 0.619. The Morgan fingerprint density at radius 2 is 1.25 bits per heavy atom. The van der Waals surface area contributed by atoms with Gasteiger partial charge in [-0.15, -0.1) is 0 Å². The molecule has 9 aliphatic rings. The second-order valence-electron chi connectivity index (χ2n) is 17.5. The molecule has 8 bridgehead atoms. The molecule has 8 saturated carbocycles. The van der Waals surface area contributed by atoms with Crippen molar-refractivity contribution in [1.82, 2.24) is 4.72 Å². The molecule has 11 nitrogen and oxygen atoms in total. The van der Waals surface area contributed by atoms with Crippen LogP contribution in [-0.2, 0) is 33.4 Å². The first-order chi connectivity index (χ1) is 26.4. The highest BCUT2D eigenvalue weighted by Gasteiger charge is 2.58. The van der Waals surface area contributed by atoms with Gasteiger partial charge >= 0.3 is 0 Å². The number of Topliss-reactive ketones (excluding diaryl/α,β-unsaturated/α-hetero) is 2. The van der Waals surface area contributed by atoms with Crippen molar-refractivity contribution in [3.63, 3.8) is 0 Å². The molecule has 2 aromatic rings. The van der Waals surface area contributed by atoms with Crippen LogP contribution in [0.5, 0.6) is 0 Å². The van der Waals surface area contributed by atoms with E-state index in [0.717, 1.165) is 64.1 Å². The SMILES string of the molecule is C1CCOC1.CC(=O)C1C2CC3CC1CC(N)(C3)C2.CC(=O)C1C2CC3CC1CC(NS(=O)(=O)c1ccc(C#N)cc1)(C3)C2.[C-]#[N+]c1ccc(S(=O)(=O)Cl)cc1. The molecule has 8 aliphatic carbocycles. The highest BCUT2D eigenvalue weighted by Crippen LogP contribution is 2.59. The average molecular weight is 825 g/mol. The van der Waals surface area contributed by atoms with Crippen LogP contribution in [0, 0.1) is 65.2 Å². The van der Waals surface area contributed by atoms with Gasteiger partial charge in [0, 0.05) is 46.8 Å². The van der Waals surface area contributed by atoms with Gasteiger partial charge in [-0.3, -0.25) is 9.59 Å². The van der Waals surface area contributed by atoms with E-state index in [4.69, 9.17) is 33.0 Å². The molecule has 4 atom stereocenters. The molecule has 302 valence electrons. The lowest BCUT2D eigenvalue weighted by Gasteiger charge is -2.59. The largest absolute Gasteiger partial charge is 0.381 e. The number of nitriles is 1. The minimum absolute atomic E-state index is 0.0107. The van der Waals surface area contributed by atoms with Crippen LogP contribution in [0.25, 0.3) is 4.85 Å². The summed E-state index contributed by atoms with van der Waals surface area (Å²) in [5, 5.41) is 8.87. The fourth-order valence-corrected chi connectivity index (χ4v) is 14.0. The Morgan fingerprint density at radius 3 is 1.64 bits per heavy atom. The number of halogens is 1. The Bertz CT molecular complexity index is 2040. The van der Waals surface area contributed by atoms with Gasteiger partial charge in [0.05, 0.1) is 28.0 Å². The molecular weight excluding hydrogens is 772 g/mol. The summed E-state index contributed by atoms with van der Waals surface area (Å²) in [7, 11) is -2.24. The standard InChI is InChI=1S/C19H22N2O3S.C12H19NO.C7H4ClNO2S.C4H8O/c1-12(22)18-15-6-14-7-16(18)10-19(8-14,9-15)21-25(23,24)17-4-2-13(11-20)3-5-17;1-7(14)11-9-2-8-3-10(11)6-12(13,4-8)5-9;1-9-6-2-4-7(5-3-6)12(8,10)11;1-2-4-5-3-1/h2-5,14-16,18,21H,6-10H2,1H3;8-11H,2-6,13H2,1H3;2-5H;1-4H2. The number of hydrogen-bond acceptors (Lipinski definition) is 9. The Hall–Kier alpha value is -3.17. The maximum atomic E-state index is 12.9. The molecule has 9 fully saturated rings. The van der Waals surface area contributed by atoms with E-state index in [9.17, 15) is 26.4 Å². The van der Waals surface area contributed by atoms with Gasteiger partial charge in [-0.2, -0.15) is 5.26 Å². The van der Waals surface area contributed by atoms with Crippen molar-refractivity contribution in [3.8, 4) is 6.07 Å². The summed E-state index contributed by atoms with van der Waals surface area (Å²) in [6.07, 6.45) is 13.1. The third kappa shape index (κ3) is 9.74. The van der Waals surface area contributed by atoms with E-state index in [1.54, 1.807) is 13.8 Å². The first-order valence-electron chi connectivity index (χ1n) is 19.8. The lowest BCUT2D eigenvalue weighted by Crippen LogP contribution is -2.63. The highest BCUT2D eigenvalue weighted by atomic mass is 35.7. The molecule has 11 rings (SSSR count). The van der Waals surface area contributed by atoms with Crippen molar-refractivity contribution in [2.24, 2.45) is 53.1 Å². The van der Waals surface area contributed by atoms with Gasteiger partial charge in [-0.1, -0.05) is 24.3 Å². The van der Waals surface area contributed by atoms with Gasteiger partial charge in [0.1, 0.15) is 11.6 Å². The number of ketones is 2. The topological polar surface area (TPSA) is 178 Å². The van der Waals surface area contributed by atoms with E-state index >= 15 is 0 Å². The summed E-state index contributed by atoms with van der Waals surface area (Å²) < 4.78 is 55.1. The van der Waals surface area contributed by atoms with E-state index in [1.165, 1.54) is 80.6 Å². The molecule has 1 heterocycles. The zero-order valence-corrected chi connectivity index (χ0v) is 34.5. The smallest absolute Gasteiger partial charge is 0.261 e. The van der Waals surface area contributed by atoms with Gasteiger partial charge in [0.2, 0.25) is 10.0 Å². The molecule has 1 saturated heterocycles. The number of nitrogens with zero attached hydrogens (tertiary/aromatic N) is 2. The molecule has 2 aromatic carbocycles. The molecule has 56 heavy (non-hydrogen) atoms. The Labute approximate surface area is 336 Å². The number of carbonyl (C=O) groups excluding carboxylic acids is 2. The summed E-state index contributed by atoms with van der Waals surface area (Å²) in [4.78, 5) is 27.0. The Kier molecular flexibility index (Phi) is 12.9. The van der Waals surface area contributed by atoms with E-state index in [1.807, 2.05) is 6.07 Å². The van der Waals surface area contributed by atoms with Crippen molar-refractivity contribution >= 4 is 47.0 Å². The maximum absolute atomic E-state index is 12.9. The minimum Gasteiger partial charge on any atom is -0.381 e. The van der Waals surface area contributed by atoms with Gasteiger partial charge in [-0.25, -0.2) is 26.4 Å². The molecule has 14 heteroatoms. The van der Waals surface area contributed by atoms with Crippen molar-refractivity contribution in [2.45, 2.75) is 112 Å². The van der Waals surface area contributed by atoms with E-state index in [2.05, 4.69) is 9.57 Å². The normalized spacial score (nSPS) is 34.3. The average Bonchev–Trinajstić information content (AvgIpc) is 3.71. The number of nitrogens with two attached hydrogens (primary N) is 1. The molecule has 1 aliphatic heterocycles. The molecule has 3 N–H and O–H groups in total. The van der Waals surface area contributed by atoms with Crippen LogP contribution >= 0.6 is 10.7 Å². The van der Waals surface area contributed by atoms with Crippen LogP contribution < -0.4 is 10.5 Å². The molecule has 0 aromatic heterocycles. The van der Waals surface area contributed by atoms with Gasteiger partial charge in [0.15, 0.2) is 5.69 Å². The van der Waals surface area contributed by atoms with E-state index in [-0.39, 0.29) is 27.0 Å². The van der Waals surface area contributed by atoms with Crippen LogP contribution in [0.15, 0.2) is 58.3 Å². The lowest BCUT2D eigenvalue weighted by molar-refractivity contribution is -0.136. The fourth-order valence-electron chi connectivity index (χ4n) is 11.8. The summed E-state index contributed by atoms with van der Waals surface area (Å²) >= 11 is 0. The number of rotatable bonds is 6. The second kappa shape index (κ2) is 17.0. The monoisotopic (exact) mass is 824 g/mol. The molecular formula is C42H53ClN4O7S2. The molecule has 0 radical (unpaired) electrons. The number of benzene rings is 2. The Morgan fingerprint density at radius 1 is 0.786 bits per heavy atom. The van der Waals surface area contributed by atoms with Crippen LogP contribution in [0.4, 0.5) is 5.69 Å². The first-order valence-corrected chi connectivity index (χ1v) is 23.6. The highest BCUT2D eigenvalue weighted by molar-refractivity contribution is 8.13. The third-order valence-electron chi connectivity index (χ3n) is 13.3. The van der Waals surface area contributed by atoms with E-state index < -0.39 is 24.6 Å². The zero-order valence-electron chi connectivity index (χ0n) is 32.2. The molecule has 0 amide bonds. The molecule has 0 spiro atoms. The van der Waals surface area contributed by atoms with Crippen LogP contribution in [0.2, 0.25) is 0 Å². The first kappa shape index (κ1) is 42.4. The third-order valence-corrected chi connectivity index (χ3v) is 16.2. The van der Waals surface area contributed by atoms with Gasteiger partial charge in [-0.05, 0) is 151 Å². The van der Waals surface area contributed by atoms with Crippen LogP contribution in [0.3, 0.4) is 0 Å². The number of ether oxygens (including phenoxy) is 1. The summed E-state index contributed by atoms with van der Waals surface area (Å²) in [6, 6.07) is 13.4. The Balaban J connectivity index is 0.000000144. The van der Waals surface area contributed by atoms with Gasteiger partial charge < -0.3 is 10.5 Å². The van der Waals surface area contributed by atoms with Crippen molar-refractivity contribution in [2.75, 3.05) is 13.2 Å². The minimum atomic E-state index is -3.66.